The Morgan fingerprint density at radius 1 is 1.15 bits per heavy atom. The van der Waals surface area contributed by atoms with Crippen molar-refractivity contribution >= 4 is 5.69 Å². The second kappa shape index (κ2) is 6.96. The summed E-state index contributed by atoms with van der Waals surface area (Å²) in [7, 11) is 1.65. The highest BCUT2D eigenvalue weighted by molar-refractivity contribution is 5.51. The minimum atomic E-state index is 0.367. The van der Waals surface area contributed by atoms with Gasteiger partial charge in [-0.2, -0.15) is 0 Å². The summed E-state index contributed by atoms with van der Waals surface area (Å²) in [6, 6.07) is 16.6. The molecule has 0 saturated carbocycles. The summed E-state index contributed by atoms with van der Waals surface area (Å²) < 4.78 is 5.16. The molecule has 1 atom stereocenters. The Morgan fingerprint density at radius 3 is 2.55 bits per heavy atom. The summed E-state index contributed by atoms with van der Waals surface area (Å²) in [5, 5.41) is 3.52. The van der Waals surface area contributed by atoms with Gasteiger partial charge < -0.3 is 15.8 Å². The normalized spacial score (nSPS) is 12.1. The van der Waals surface area contributed by atoms with Gasteiger partial charge in [0.25, 0.3) is 0 Å². The van der Waals surface area contributed by atoms with Gasteiger partial charge in [0.05, 0.1) is 7.11 Å². The smallest absolute Gasteiger partial charge is 0.120 e. The molecule has 0 aliphatic rings. The first-order valence-electron chi connectivity index (χ1n) is 6.88. The van der Waals surface area contributed by atoms with Crippen LogP contribution in [0.25, 0.3) is 0 Å². The van der Waals surface area contributed by atoms with Crippen LogP contribution in [0.4, 0.5) is 5.69 Å². The summed E-state index contributed by atoms with van der Waals surface area (Å²) >= 11 is 0. The molecule has 0 spiro atoms. The lowest BCUT2D eigenvalue weighted by Crippen LogP contribution is -2.27. The minimum absolute atomic E-state index is 0.367. The van der Waals surface area contributed by atoms with Crippen molar-refractivity contribution in [2.24, 2.45) is 0 Å². The van der Waals surface area contributed by atoms with Gasteiger partial charge in [0.15, 0.2) is 0 Å². The van der Waals surface area contributed by atoms with Crippen LogP contribution in [-0.4, -0.2) is 13.2 Å². The van der Waals surface area contributed by atoms with Gasteiger partial charge in [-0.3, -0.25) is 0 Å². The molecule has 2 rings (SSSR count). The number of ether oxygens (including phenoxy) is 1. The van der Waals surface area contributed by atoms with E-state index in [1.807, 2.05) is 24.3 Å². The first kappa shape index (κ1) is 14.4. The summed E-state index contributed by atoms with van der Waals surface area (Å²) in [5.41, 5.74) is 9.28. The summed E-state index contributed by atoms with van der Waals surface area (Å²) in [4.78, 5) is 0. The van der Waals surface area contributed by atoms with E-state index >= 15 is 0 Å². The van der Waals surface area contributed by atoms with Crippen LogP contribution in [0, 0.1) is 0 Å². The largest absolute Gasteiger partial charge is 0.497 e. The van der Waals surface area contributed by atoms with E-state index in [2.05, 4.69) is 36.5 Å². The van der Waals surface area contributed by atoms with Gasteiger partial charge in [-0.1, -0.05) is 36.4 Å². The summed E-state index contributed by atoms with van der Waals surface area (Å²) in [5.74, 6) is 0.802. The Balaban J connectivity index is 1.89. The van der Waals surface area contributed by atoms with Crippen LogP contribution in [0.3, 0.4) is 0 Å². The van der Waals surface area contributed by atoms with E-state index in [0.717, 1.165) is 30.0 Å². The lowest BCUT2D eigenvalue weighted by Gasteiger charge is -2.15. The fourth-order valence-electron chi connectivity index (χ4n) is 2.18. The van der Waals surface area contributed by atoms with Gasteiger partial charge in [-0.15, -0.1) is 0 Å². The highest BCUT2D eigenvalue weighted by Gasteiger charge is 2.07. The van der Waals surface area contributed by atoms with E-state index in [-0.39, 0.29) is 0 Å². The number of nitrogen functional groups attached to an aromatic ring is 1. The minimum Gasteiger partial charge on any atom is -0.497 e. The SMILES string of the molecule is COc1ccc(CC(C)NCc2ccccc2)c(N)c1. The lowest BCUT2D eigenvalue weighted by molar-refractivity contribution is 0.415. The van der Waals surface area contributed by atoms with Crippen molar-refractivity contribution < 1.29 is 4.74 Å². The van der Waals surface area contributed by atoms with E-state index < -0.39 is 0 Å². The first-order chi connectivity index (χ1) is 9.69. The molecule has 0 aliphatic heterocycles. The number of nitrogens with two attached hydrogens (primary N) is 1. The second-order valence-electron chi connectivity index (χ2n) is 5.04. The molecule has 2 aromatic carbocycles. The zero-order valence-electron chi connectivity index (χ0n) is 12.1. The van der Waals surface area contributed by atoms with Crippen molar-refractivity contribution in [1.29, 1.82) is 0 Å². The maximum absolute atomic E-state index is 6.04. The van der Waals surface area contributed by atoms with Crippen molar-refractivity contribution in [3.05, 3.63) is 59.7 Å². The van der Waals surface area contributed by atoms with E-state index in [9.17, 15) is 0 Å². The van der Waals surface area contributed by atoms with Crippen LogP contribution in [0.1, 0.15) is 18.1 Å². The molecule has 3 nitrogen and oxygen atoms in total. The quantitative estimate of drug-likeness (QED) is 0.793. The van der Waals surface area contributed by atoms with Crippen molar-refractivity contribution in [3.63, 3.8) is 0 Å². The fraction of sp³-hybridized carbons (Fsp3) is 0.294. The maximum atomic E-state index is 6.04. The molecule has 0 amide bonds. The lowest BCUT2D eigenvalue weighted by atomic mass is 10.0. The van der Waals surface area contributed by atoms with Gasteiger partial charge in [0.2, 0.25) is 0 Å². The molecule has 106 valence electrons. The molecule has 3 N–H and O–H groups in total. The molecular weight excluding hydrogens is 248 g/mol. The molecule has 0 aliphatic carbocycles. The highest BCUT2D eigenvalue weighted by atomic mass is 16.5. The van der Waals surface area contributed by atoms with Crippen LogP contribution in [0.2, 0.25) is 0 Å². The number of methoxy groups -OCH3 is 1. The van der Waals surface area contributed by atoms with Crippen molar-refractivity contribution in [2.75, 3.05) is 12.8 Å². The van der Waals surface area contributed by atoms with Crippen LogP contribution in [-0.2, 0) is 13.0 Å². The highest BCUT2D eigenvalue weighted by Crippen LogP contribution is 2.20. The van der Waals surface area contributed by atoms with E-state index in [1.165, 1.54) is 5.56 Å². The van der Waals surface area contributed by atoms with E-state index in [4.69, 9.17) is 10.5 Å². The second-order valence-corrected chi connectivity index (χ2v) is 5.04. The Bertz CT molecular complexity index is 540. The zero-order chi connectivity index (χ0) is 14.4. The topological polar surface area (TPSA) is 47.3 Å². The number of hydrogen-bond acceptors (Lipinski definition) is 3. The number of rotatable bonds is 6. The third-order valence-corrected chi connectivity index (χ3v) is 3.38. The maximum Gasteiger partial charge on any atom is 0.120 e. The molecule has 0 bridgehead atoms. The summed E-state index contributed by atoms with van der Waals surface area (Å²) in [6.07, 6.45) is 0.905. The number of nitrogens with one attached hydrogen (secondary N) is 1. The number of hydrogen-bond donors (Lipinski definition) is 2. The molecule has 1 unspecified atom stereocenters. The van der Waals surface area contributed by atoms with Crippen molar-refractivity contribution in [3.8, 4) is 5.75 Å². The van der Waals surface area contributed by atoms with Gasteiger partial charge in [-0.05, 0) is 30.5 Å². The van der Waals surface area contributed by atoms with Crippen molar-refractivity contribution in [1.82, 2.24) is 5.32 Å². The van der Waals surface area contributed by atoms with Gasteiger partial charge in [0, 0.05) is 24.3 Å². The van der Waals surface area contributed by atoms with Gasteiger partial charge >= 0.3 is 0 Å². The molecule has 0 radical (unpaired) electrons. The zero-order valence-corrected chi connectivity index (χ0v) is 12.1. The van der Waals surface area contributed by atoms with Gasteiger partial charge in [-0.25, -0.2) is 0 Å². The molecule has 0 aromatic heterocycles. The molecule has 2 aromatic rings. The molecule has 0 saturated heterocycles. The Morgan fingerprint density at radius 2 is 1.90 bits per heavy atom. The Hall–Kier alpha value is -2.00. The number of anilines is 1. The average molecular weight is 270 g/mol. The Labute approximate surface area is 120 Å². The Kier molecular flexibility index (Phi) is 5.02. The van der Waals surface area contributed by atoms with E-state index in [0.29, 0.717) is 6.04 Å². The van der Waals surface area contributed by atoms with Crippen LogP contribution >= 0.6 is 0 Å². The van der Waals surface area contributed by atoms with Gasteiger partial charge in [0.1, 0.15) is 5.75 Å². The van der Waals surface area contributed by atoms with Crippen LogP contribution < -0.4 is 15.8 Å². The van der Waals surface area contributed by atoms with Crippen molar-refractivity contribution in [2.45, 2.75) is 25.9 Å². The van der Waals surface area contributed by atoms with Crippen LogP contribution in [0.5, 0.6) is 5.75 Å². The third kappa shape index (κ3) is 4.00. The van der Waals surface area contributed by atoms with Crippen LogP contribution in [0.15, 0.2) is 48.5 Å². The average Bonchev–Trinajstić information content (AvgIpc) is 2.48. The monoisotopic (exact) mass is 270 g/mol. The predicted octanol–water partition coefficient (Wildman–Crippen LogP) is 3.00. The third-order valence-electron chi connectivity index (χ3n) is 3.38. The summed E-state index contributed by atoms with van der Waals surface area (Å²) in [6.45, 7) is 3.05. The molecule has 20 heavy (non-hydrogen) atoms. The number of benzene rings is 2. The fourth-order valence-corrected chi connectivity index (χ4v) is 2.18. The predicted molar refractivity (Wildman–Crippen MR) is 83.9 cm³/mol. The molecule has 0 fully saturated rings. The standard InChI is InChI=1S/C17H22N2O/c1-13(19-12-14-6-4-3-5-7-14)10-15-8-9-16(20-2)11-17(15)18/h3-9,11,13,19H,10,12,18H2,1-2H3. The van der Waals surface area contributed by atoms with E-state index in [1.54, 1.807) is 7.11 Å². The molecule has 0 heterocycles. The molecule has 3 heteroatoms. The first-order valence-corrected chi connectivity index (χ1v) is 6.88. The molecular formula is C17H22N2O.